The summed E-state index contributed by atoms with van der Waals surface area (Å²) in [5.41, 5.74) is 4.67. The van der Waals surface area contributed by atoms with E-state index in [1.165, 1.54) is 0 Å². The van der Waals surface area contributed by atoms with Gasteiger partial charge in [-0.25, -0.2) is 0 Å². The Labute approximate surface area is 145 Å². The van der Waals surface area contributed by atoms with Crippen LogP contribution in [0, 0.1) is 0 Å². The van der Waals surface area contributed by atoms with Crippen molar-refractivity contribution in [2.45, 2.75) is 18.5 Å². The van der Waals surface area contributed by atoms with Gasteiger partial charge >= 0.3 is 0 Å². The minimum absolute atomic E-state index is 0.221. The van der Waals surface area contributed by atoms with Gasteiger partial charge in [-0.05, 0) is 12.1 Å². The van der Waals surface area contributed by atoms with E-state index in [1.807, 2.05) is 78.9 Å². The van der Waals surface area contributed by atoms with E-state index in [2.05, 4.69) is 10.2 Å². The topological polar surface area (TPSA) is 43.2 Å². The molecule has 3 atom stereocenters. The standard InChI is InChI=1S/C21H16N2O2/c1-2-8-14(9-3-1)21-24-19-15-10-4-6-12-17(15)22-23-18-13-7-5-11-16(18)20(19)25-21/h1-13,19-21H/t19-,20+,21?. The summed E-state index contributed by atoms with van der Waals surface area (Å²) in [6, 6.07) is 26.0. The zero-order valence-corrected chi connectivity index (χ0v) is 13.4. The third-order valence-corrected chi connectivity index (χ3v) is 4.64. The highest BCUT2D eigenvalue weighted by Gasteiger charge is 2.41. The smallest absolute Gasteiger partial charge is 0.185 e. The summed E-state index contributed by atoms with van der Waals surface area (Å²) in [6.45, 7) is 0. The number of hydrogen-bond donors (Lipinski definition) is 0. The van der Waals surface area contributed by atoms with E-state index in [4.69, 9.17) is 9.47 Å². The molecule has 122 valence electrons. The van der Waals surface area contributed by atoms with Gasteiger partial charge in [0.25, 0.3) is 0 Å². The van der Waals surface area contributed by atoms with Crippen LogP contribution in [0.3, 0.4) is 0 Å². The highest BCUT2D eigenvalue weighted by Crippen LogP contribution is 2.52. The van der Waals surface area contributed by atoms with E-state index < -0.39 is 6.29 Å². The molecule has 0 bridgehead atoms. The first-order valence-electron chi connectivity index (χ1n) is 8.35. The zero-order valence-electron chi connectivity index (χ0n) is 13.4. The molecule has 0 aromatic heterocycles. The minimum Gasteiger partial charge on any atom is -0.337 e. The summed E-state index contributed by atoms with van der Waals surface area (Å²) in [5.74, 6) is 0. The van der Waals surface area contributed by atoms with Crippen LogP contribution >= 0.6 is 0 Å². The molecule has 0 saturated carbocycles. The van der Waals surface area contributed by atoms with E-state index in [1.54, 1.807) is 0 Å². The van der Waals surface area contributed by atoms with Crippen molar-refractivity contribution < 1.29 is 9.47 Å². The summed E-state index contributed by atoms with van der Waals surface area (Å²) in [4.78, 5) is 0. The molecule has 25 heavy (non-hydrogen) atoms. The van der Waals surface area contributed by atoms with Crippen LogP contribution in [-0.4, -0.2) is 0 Å². The van der Waals surface area contributed by atoms with Gasteiger partial charge in [0.1, 0.15) is 12.2 Å². The fraction of sp³-hybridized carbons (Fsp3) is 0.143. The quantitative estimate of drug-likeness (QED) is 0.554. The Hall–Kier alpha value is -2.82. The summed E-state index contributed by atoms with van der Waals surface area (Å²) in [5, 5.41) is 8.87. The summed E-state index contributed by atoms with van der Waals surface area (Å²) in [6.07, 6.45) is -0.848. The van der Waals surface area contributed by atoms with Crippen molar-refractivity contribution in [2.24, 2.45) is 10.2 Å². The van der Waals surface area contributed by atoms with E-state index >= 15 is 0 Å². The first-order chi connectivity index (χ1) is 12.4. The zero-order chi connectivity index (χ0) is 16.6. The molecule has 1 saturated heterocycles. The number of azo groups is 1. The van der Waals surface area contributed by atoms with Crippen molar-refractivity contribution in [1.29, 1.82) is 0 Å². The van der Waals surface area contributed by atoms with Crippen molar-refractivity contribution in [3.63, 3.8) is 0 Å². The van der Waals surface area contributed by atoms with Gasteiger partial charge in [-0.2, -0.15) is 10.2 Å². The van der Waals surface area contributed by atoms with Gasteiger partial charge in [0.15, 0.2) is 6.29 Å². The van der Waals surface area contributed by atoms with Gasteiger partial charge in [-0.1, -0.05) is 66.7 Å². The SMILES string of the molecule is c1ccc(C2O[C@@H]3c4ccccc4N=Nc4ccccc4[C@@H]3O2)cc1. The molecule has 1 unspecified atom stereocenters. The second-order valence-electron chi connectivity index (χ2n) is 6.17. The second kappa shape index (κ2) is 5.92. The third-order valence-electron chi connectivity index (χ3n) is 4.64. The molecule has 0 spiro atoms. The van der Waals surface area contributed by atoms with Crippen LogP contribution in [0.25, 0.3) is 0 Å². The Kier molecular flexibility index (Phi) is 3.44. The lowest BCUT2D eigenvalue weighted by Crippen LogP contribution is -2.08. The molecule has 1 fully saturated rings. The fourth-order valence-corrected chi connectivity index (χ4v) is 3.43. The Bertz CT molecular complexity index is 882. The molecule has 4 nitrogen and oxygen atoms in total. The highest BCUT2D eigenvalue weighted by atomic mass is 16.7. The van der Waals surface area contributed by atoms with Crippen molar-refractivity contribution in [3.8, 4) is 0 Å². The molecular formula is C21H16N2O2. The summed E-state index contributed by atoms with van der Waals surface area (Å²) in [7, 11) is 0. The Balaban J connectivity index is 1.65. The van der Waals surface area contributed by atoms with Gasteiger partial charge in [0.2, 0.25) is 0 Å². The molecule has 0 radical (unpaired) electrons. The molecule has 0 aliphatic carbocycles. The lowest BCUT2D eigenvalue weighted by molar-refractivity contribution is -0.0696. The van der Waals surface area contributed by atoms with Gasteiger partial charge in [-0.3, -0.25) is 0 Å². The second-order valence-corrected chi connectivity index (χ2v) is 6.17. The van der Waals surface area contributed by atoms with Crippen molar-refractivity contribution in [1.82, 2.24) is 0 Å². The molecule has 2 aliphatic rings. The number of rotatable bonds is 1. The number of fused-ring (bicyclic) bond motifs is 5. The first-order valence-corrected chi connectivity index (χ1v) is 8.35. The van der Waals surface area contributed by atoms with Gasteiger partial charge in [0.05, 0.1) is 11.4 Å². The molecule has 5 rings (SSSR count). The predicted molar refractivity (Wildman–Crippen MR) is 93.9 cm³/mol. The van der Waals surface area contributed by atoms with Crippen LogP contribution in [0.2, 0.25) is 0 Å². The lowest BCUT2D eigenvalue weighted by Gasteiger charge is -2.21. The summed E-state index contributed by atoms with van der Waals surface area (Å²) >= 11 is 0. The predicted octanol–water partition coefficient (Wildman–Crippen LogP) is 5.94. The minimum atomic E-state index is -0.407. The highest BCUT2D eigenvalue weighted by molar-refractivity contribution is 5.54. The molecule has 0 N–H and O–H groups in total. The normalized spacial score (nSPS) is 23.9. The van der Waals surface area contributed by atoms with Crippen LogP contribution in [0.15, 0.2) is 89.1 Å². The molecule has 2 heterocycles. The largest absolute Gasteiger partial charge is 0.337 e. The average molecular weight is 328 g/mol. The van der Waals surface area contributed by atoms with E-state index in [9.17, 15) is 0 Å². The molecule has 2 aliphatic heterocycles. The van der Waals surface area contributed by atoms with Crippen LogP contribution < -0.4 is 0 Å². The lowest BCUT2D eigenvalue weighted by atomic mass is 9.95. The fourth-order valence-electron chi connectivity index (χ4n) is 3.43. The maximum atomic E-state index is 6.35. The first kappa shape index (κ1) is 14.5. The molecule has 3 aromatic carbocycles. The van der Waals surface area contributed by atoms with Crippen LogP contribution in [0.4, 0.5) is 11.4 Å². The van der Waals surface area contributed by atoms with E-state index in [0.717, 1.165) is 28.1 Å². The Morgan fingerprint density at radius 2 is 1.04 bits per heavy atom. The number of nitrogens with zero attached hydrogens (tertiary/aromatic N) is 2. The molecule has 0 amide bonds. The number of benzene rings is 3. The maximum Gasteiger partial charge on any atom is 0.185 e. The third kappa shape index (κ3) is 2.47. The summed E-state index contributed by atoms with van der Waals surface area (Å²) < 4.78 is 12.7. The van der Waals surface area contributed by atoms with Crippen molar-refractivity contribution in [2.75, 3.05) is 0 Å². The van der Waals surface area contributed by atoms with Gasteiger partial charge < -0.3 is 9.47 Å². The van der Waals surface area contributed by atoms with Crippen LogP contribution in [0.1, 0.15) is 35.2 Å². The molecule has 3 aromatic rings. The molecular weight excluding hydrogens is 312 g/mol. The molecule has 4 heteroatoms. The van der Waals surface area contributed by atoms with Gasteiger partial charge in [0, 0.05) is 16.7 Å². The average Bonchev–Trinajstić information content (AvgIpc) is 3.11. The number of ether oxygens (including phenoxy) is 2. The van der Waals surface area contributed by atoms with Crippen molar-refractivity contribution in [3.05, 3.63) is 95.6 Å². The van der Waals surface area contributed by atoms with Crippen LogP contribution in [0.5, 0.6) is 0 Å². The Morgan fingerprint density at radius 3 is 1.60 bits per heavy atom. The Morgan fingerprint density at radius 1 is 0.560 bits per heavy atom. The monoisotopic (exact) mass is 328 g/mol. The van der Waals surface area contributed by atoms with E-state index in [0.29, 0.717) is 0 Å². The van der Waals surface area contributed by atoms with E-state index in [-0.39, 0.29) is 12.2 Å². The maximum absolute atomic E-state index is 6.35. The number of hydrogen-bond acceptors (Lipinski definition) is 4. The van der Waals surface area contributed by atoms with Crippen LogP contribution in [-0.2, 0) is 9.47 Å². The van der Waals surface area contributed by atoms with Gasteiger partial charge in [-0.15, -0.1) is 0 Å². The van der Waals surface area contributed by atoms with Crippen molar-refractivity contribution >= 4 is 11.4 Å².